The number of ketones is 2. The van der Waals surface area contributed by atoms with Gasteiger partial charge in [0.25, 0.3) is 17.4 Å². The molecule has 30 nitrogen and oxygen atoms in total. The molecule has 5 atom stereocenters. The highest BCUT2D eigenvalue weighted by Gasteiger charge is 2.35. The first-order valence-corrected chi connectivity index (χ1v) is 23.3. The molecular formula is C47H53N13O17. The molecule has 0 bridgehead atoms. The van der Waals surface area contributed by atoms with Crippen LogP contribution < -0.4 is 37.9 Å². The van der Waals surface area contributed by atoms with E-state index >= 15 is 0 Å². The zero-order chi connectivity index (χ0) is 56.8. The van der Waals surface area contributed by atoms with Gasteiger partial charge >= 0.3 is 29.8 Å². The Kier molecular flexibility index (Phi) is 22.6. The molecular weight excluding hydrogens is 1020 g/mol. The van der Waals surface area contributed by atoms with Crippen molar-refractivity contribution in [2.24, 2.45) is 17.0 Å². The minimum Gasteiger partial charge on any atom is -0.481 e. The Bertz CT molecular complexity index is 2980. The number of azide groups is 1. The van der Waals surface area contributed by atoms with Gasteiger partial charge in [-0.15, -0.1) is 0 Å². The predicted molar refractivity (Wildman–Crippen MR) is 265 cm³/mol. The SMILES string of the molecule is COC(=O)[C@H](CCCCNC(=O)c1ccc(N=[N+]=[N-])cc1)NC(=O)[C@H](CC(=O)O)CC(=O)[C@H](CC(=O)O)NC(=O)[C@H](CC(=O)O)CC(=O)CC[C@H](NC(=O)c1ccc(NCc2cnc3nc(N)[nH]c(=O)c3n2)cc1)C(=O)O. The fourth-order valence-electron chi connectivity index (χ4n) is 7.39. The molecule has 0 spiro atoms. The summed E-state index contributed by atoms with van der Waals surface area (Å²) in [5, 5.41) is 54.4. The average Bonchev–Trinajstić information content (AvgIpc) is 3.38. The minimum absolute atomic E-state index is 0.0136. The number of amides is 4. The van der Waals surface area contributed by atoms with E-state index in [0.29, 0.717) is 17.1 Å². The first-order chi connectivity index (χ1) is 36.6. The molecule has 0 radical (unpaired) electrons. The number of anilines is 2. The number of H-pyrrole nitrogens is 1. The molecule has 0 fully saturated rings. The number of esters is 1. The zero-order valence-electron chi connectivity index (χ0n) is 40.9. The van der Waals surface area contributed by atoms with Crippen LogP contribution in [0.1, 0.15) is 90.6 Å². The molecule has 0 saturated carbocycles. The molecule has 0 unspecified atom stereocenters. The Morgan fingerprint density at radius 3 is 1.92 bits per heavy atom. The second-order valence-electron chi connectivity index (χ2n) is 17.1. The number of rotatable bonds is 32. The molecule has 408 valence electrons. The zero-order valence-corrected chi connectivity index (χ0v) is 40.9. The first-order valence-electron chi connectivity index (χ1n) is 23.3. The van der Waals surface area contributed by atoms with E-state index in [4.69, 9.17) is 16.0 Å². The van der Waals surface area contributed by atoms with Crippen molar-refractivity contribution in [3.63, 3.8) is 0 Å². The van der Waals surface area contributed by atoms with Gasteiger partial charge in [0.2, 0.25) is 17.8 Å². The number of methoxy groups -OCH3 is 1. The number of nitrogens with two attached hydrogens (primary N) is 1. The average molecular weight is 1070 g/mol. The second-order valence-corrected chi connectivity index (χ2v) is 17.1. The fourth-order valence-corrected chi connectivity index (χ4v) is 7.39. The number of nitrogen functional groups attached to an aromatic ring is 1. The van der Waals surface area contributed by atoms with Gasteiger partial charge in [0.1, 0.15) is 17.9 Å². The van der Waals surface area contributed by atoms with Crippen LogP contribution in [-0.2, 0) is 54.4 Å². The minimum atomic E-state index is -1.99. The Labute approximate surface area is 434 Å². The van der Waals surface area contributed by atoms with Crippen LogP contribution in [0.4, 0.5) is 17.3 Å². The number of Topliss-reactive ketones (excluding diaryl/α,β-unsaturated/α-hetero) is 2. The van der Waals surface area contributed by atoms with E-state index < -0.39 is 146 Å². The largest absolute Gasteiger partial charge is 0.481 e. The molecule has 0 aliphatic rings. The molecule has 0 saturated heterocycles. The van der Waals surface area contributed by atoms with E-state index in [9.17, 15) is 78.0 Å². The molecule has 2 aromatic heterocycles. The quantitative estimate of drug-likeness (QED) is 0.0107. The third-order valence-corrected chi connectivity index (χ3v) is 11.3. The second kappa shape index (κ2) is 29.1. The lowest BCUT2D eigenvalue weighted by molar-refractivity contribution is -0.147. The van der Waals surface area contributed by atoms with E-state index in [1.54, 1.807) is 0 Å². The number of carboxylic acids is 4. The van der Waals surface area contributed by atoms with E-state index in [-0.39, 0.29) is 60.6 Å². The summed E-state index contributed by atoms with van der Waals surface area (Å²) in [5.41, 5.74) is 14.9. The number of hydrogen-bond acceptors (Lipinski definition) is 19. The number of ether oxygens (including phenoxy) is 1. The van der Waals surface area contributed by atoms with Gasteiger partial charge in [-0.1, -0.05) is 17.2 Å². The maximum absolute atomic E-state index is 13.6. The van der Waals surface area contributed by atoms with Gasteiger partial charge in [-0.2, -0.15) is 4.98 Å². The number of aromatic nitrogens is 4. The molecule has 0 aliphatic carbocycles. The van der Waals surface area contributed by atoms with Gasteiger partial charge < -0.3 is 57.5 Å². The fraction of sp³-hybridized carbons (Fsp3) is 0.383. The number of benzene rings is 2. The molecule has 2 aromatic carbocycles. The molecule has 4 amide bonds. The number of fused-ring (bicyclic) bond motifs is 1. The lowest BCUT2D eigenvalue weighted by Crippen LogP contribution is -2.48. The van der Waals surface area contributed by atoms with Gasteiger partial charge in [-0.25, -0.2) is 19.6 Å². The van der Waals surface area contributed by atoms with Crippen LogP contribution in [0.25, 0.3) is 21.6 Å². The van der Waals surface area contributed by atoms with Gasteiger partial charge in [0, 0.05) is 53.2 Å². The summed E-state index contributed by atoms with van der Waals surface area (Å²) in [6.45, 7) is 0.211. The van der Waals surface area contributed by atoms with E-state index in [1.165, 1.54) is 54.7 Å². The van der Waals surface area contributed by atoms with Crippen molar-refractivity contribution in [1.29, 1.82) is 0 Å². The Balaban J connectivity index is 1.33. The standard InChI is InChI=1S/C47H53N13O17/c1-77-46(76)32(4-2-3-15-50-40(69)23-7-11-28(12-8-23)59-60-49)55-43(72)26(19-36(65)66)17-34(62)33(20-37(67)68)56-42(71)25(18-35(63)64)16-30(61)13-14-31(45(74)75)54-41(70)24-5-9-27(10-6-24)51-21-29-22-52-39-38(53-29)44(73)58-47(48)57-39/h5-12,22,25-26,31-33,51H,2-4,13-21H2,1H3,(H,50,69)(H,54,70)(H,55,72)(H,56,71)(H,63,64)(H,65,66)(H,67,68)(H,74,75)(H3,48,52,57,58,73)/t25-,26-,31-,32-,33-/m0/s1. The molecule has 30 heteroatoms. The summed E-state index contributed by atoms with van der Waals surface area (Å²) >= 11 is 0. The van der Waals surface area contributed by atoms with Crippen molar-refractivity contribution >= 4 is 93.5 Å². The van der Waals surface area contributed by atoms with Crippen molar-refractivity contribution < 1.29 is 77.9 Å². The van der Waals surface area contributed by atoms with E-state index in [0.717, 1.165) is 7.11 Å². The molecule has 4 rings (SSSR count). The Morgan fingerprint density at radius 1 is 0.727 bits per heavy atom. The van der Waals surface area contributed by atoms with Gasteiger partial charge in [-0.05, 0) is 67.6 Å². The van der Waals surface area contributed by atoms with Crippen LogP contribution in [-0.4, -0.2) is 137 Å². The van der Waals surface area contributed by atoms with Gasteiger partial charge in [-0.3, -0.25) is 52.9 Å². The van der Waals surface area contributed by atoms with Crippen LogP contribution in [0, 0.1) is 11.8 Å². The van der Waals surface area contributed by atoms with Gasteiger partial charge in [0.05, 0.1) is 62.7 Å². The van der Waals surface area contributed by atoms with Crippen molar-refractivity contribution in [2.75, 3.05) is 24.7 Å². The number of carbonyl (C=O) groups excluding carboxylic acids is 7. The number of unbranched alkanes of at least 4 members (excludes halogenated alkanes) is 1. The number of carboxylic acid groups (broad SMARTS) is 4. The third kappa shape index (κ3) is 19.5. The Hall–Kier alpha value is -9.86. The molecule has 0 aliphatic heterocycles. The lowest BCUT2D eigenvalue weighted by Gasteiger charge is -2.23. The van der Waals surface area contributed by atoms with Crippen LogP contribution in [0.15, 0.2) is 64.6 Å². The maximum Gasteiger partial charge on any atom is 0.328 e. The third-order valence-electron chi connectivity index (χ3n) is 11.3. The number of hydrogen-bond donors (Lipinski definition) is 11. The molecule has 12 N–H and O–H groups in total. The van der Waals surface area contributed by atoms with Crippen LogP contribution in [0.2, 0.25) is 0 Å². The summed E-state index contributed by atoms with van der Waals surface area (Å²) in [6.07, 6.45) is -4.42. The number of nitrogens with one attached hydrogen (secondary N) is 6. The predicted octanol–water partition coefficient (Wildman–Crippen LogP) is 1.13. The summed E-state index contributed by atoms with van der Waals surface area (Å²) in [7, 11) is 1.02. The molecule has 2 heterocycles. The molecule has 77 heavy (non-hydrogen) atoms. The number of aromatic amines is 1. The van der Waals surface area contributed by atoms with Crippen molar-refractivity contribution in [2.45, 2.75) is 88.9 Å². The van der Waals surface area contributed by atoms with Crippen LogP contribution in [0.5, 0.6) is 0 Å². The highest BCUT2D eigenvalue weighted by molar-refractivity contribution is 5.99. The number of carbonyl (C=O) groups is 11. The maximum atomic E-state index is 13.6. The van der Waals surface area contributed by atoms with Crippen LogP contribution >= 0.6 is 0 Å². The van der Waals surface area contributed by atoms with E-state index in [2.05, 4.69) is 56.5 Å². The number of nitrogens with zero attached hydrogens (tertiary/aromatic N) is 6. The summed E-state index contributed by atoms with van der Waals surface area (Å²) < 4.78 is 4.77. The topological polar surface area (TPSA) is 484 Å². The van der Waals surface area contributed by atoms with Crippen molar-refractivity contribution in [1.82, 2.24) is 41.2 Å². The molecule has 4 aromatic rings. The smallest absolute Gasteiger partial charge is 0.328 e. The highest BCUT2D eigenvalue weighted by Crippen LogP contribution is 2.19. The van der Waals surface area contributed by atoms with Crippen LogP contribution in [0.3, 0.4) is 0 Å². The van der Waals surface area contributed by atoms with E-state index in [1.807, 2.05) is 0 Å². The van der Waals surface area contributed by atoms with Crippen molar-refractivity contribution in [3.05, 3.63) is 92.3 Å². The lowest BCUT2D eigenvalue weighted by atomic mass is 9.91. The first kappa shape index (κ1) is 59.7. The van der Waals surface area contributed by atoms with Crippen molar-refractivity contribution in [3.8, 4) is 0 Å². The monoisotopic (exact) mass is 1070 g/mol. The summed E-state index contributed by atoms with van der Waals surface area (Å²) in [4.78, 5) is 169. The number of aliphatic carboxylic acids is 4. The normalized spacial score (nSPS) is 12.7. The summed E-state index contributed by atoms with van der Waals surface area (Å²) in [5.74, 6) is -16.8. The Morgan fingerprint density at radius 2 is 1.32 bits per heavy atom. The summed E-state index contributed by atoms with van der Waals surface area (Å²) in [6, 6.07) is 6.42. The highest BCUT2D eigenvalue weighted by atomic mass is 16.5. The van der Waals surface area contributed by atoms with Gasteiger partial charge in [0.15, 0.2) is 16.9 Å².